The van der Waals surface area contributed by atoms with Gasteiger partial charge in [-0.25, -0.2) is 0 Å². The van der Waals surface area contributed by atoms with Gasteiger partial charge in [-0.2, -0.15) is 0 Å². The lowest BCUT2D eigenvalue weighted by molar-refractivity contribution is 0.415. The third-order valence-electron chi connectivity index (χ3n) is 2.20. The normalized spacial score (nSPS) is 10.1. The van der Waals surface area contributed by atoms with E-state index in [4.69, 9.17) is 4.74 Å². The number of aromatic amines is 2. The number of benzene rings is 1. The molecule has 0 bridgehead atoms. The summed E-state index contributed by atoms with van der Waals surface area (Å²) in [6.45, 7) is 0. The van der Waals surface area contributed by atoms with Gasteiger partial charge in [0.2, 0.25) is 0 Å². The third kappa shape index (κ3) is 1.88. The van der Waals surface area contributed by atoms with Crippen LogP contribution in [0.2, 0.25) is 0 Å². The number of aromatic nitrogens is 2. The zero-order chi connectivity index (χ0) is 11.5. The molecule has 5 nitrogen and oxygen atoms in total. The SMILES string of the molecule is COc1ccc(-c2c[nH]c(=O)c(=O)[nH]2)cc1. The van der Waals surface area contributed by atoms with Gasteiger partial charge in [0.05, 0.1) is 12.8 Å². The van der Waals surface area contributed by atoms with E-state index in [0.29, 0.717) is 5.69 Å². The quantitative estimate of drug-likeness (QED) is 0.730. The molecule has 1 heterocycles. The summed E-state index contributed by atoms with van der Waals surface area (Å²) >= 11 is 0. The van der Waals surface area contributed by atoms with Crippen molar-refractivity contribution in [1.29, 1.82) is 0 Å². The number of hydrogen-bond donors (Lipinski definition) is 2. The third-order valence-corrected chi connectivity index (χ3v) is 2.20. The number of hydrogen-bond acceptors (Lipinski definition) is 3. The second-order valence-corrected chi connectivity index (χ2v) is 3.21. The van der Waals surface area contributed by atoms with Crippen molar-refractivity contribution in [2.75, 3.05) is 7.11 Å². The van der Waals surface area contributed by atoms with E-state index in [1.54, 1.807) is 31.4 Å². The Balaban J connectivity index is 2.46. The summed E-state index contributed by atoms with van der Waals surface area (Å²) < 4.78 is 5.02. The molecule has 16 heavy (non-hydrogen) atoms. The molecule has 1 aromatic carbocycles. The Hall–Kier alpha value is -2.30. The molecule has 0 fully saturated rings. The number of ether oxygens (including phenoxy) is 1. The number of H-pyrrole nitrogens is 2. The Bertz CT molecular complexity index is 596. The average molecular weight is 218 g/mol. The lowest BCUT2D eigenvalue weighted by Crippen LogP contribution is -2.28. The summed E-state index contributed by atoms with van der Waals surface area (Å²) in [7, 11) is 1.58. The van der Waals surface area contributed by atoms with Crippen LogP contribution in [0.1, 0.15) is 0 Å². The molecule has 0 saturated heterocycles. The van der Waals surface area contributed by atoms with Crippen LogP contribution in [-0.4, -0.2) is 17.1 Å². The maximum Gasteiger partial charge on any atom is 0.314 e. The van der Waals surface area contributed by atoms with Crippen molar-refractivity contribution in [3.05, 3.63) is 51.2 Å². The van der Waals surface area contributed by atoms with Gasteiger partial charge in [0.15, 0.2) is 0 Å². The summed E-state index contributed by atoms with van der Waals surface area (Å²) in [6, 6.07) is 7.14. The lowest BCUT2D eigenvalue weighted by Gasteiger charge is -2.02. The minimum Gasteiger partial charge on any atom is -0.497 e. The molecule has 82 valence electrons. The van der Waals surface area contributed by atoms with Crippen molar-refractivity contribution in [3.8, 4) is 17.0 Å². The van der Waals surface area contributed by atoms with Crippen molar-refractivity contribution in [2.45, 2.75) is 0 Å². The van der Waals surface area contributed by atoms with Crippen LogP contribution in [0.25, 0.3) is 11.3 Å². The Morgan fingerprint density at radius 2 is 1.75 bits per heavy atom. The molecule has 2 rings (SSSR count). The molecule has 0 atom stereocenters. The van der Waals surface area contributed by atoms with E-state index < -0.39 is 11.1 Å². The fourth-order valence-electron chi connectivity index (χ4n) is 1.34. The highest BCUT2D eigenvalue weighted by molar-refractivity contribution is 5.58. The van der Waals surface area contributed by atoms with Gasteiger partial charge >= 0.3 is 11.1 Å². The fraction of sp³-hybridized carbons (Fsp3) is 0.0909. The van der Waals surface area contributed by atoms with Gasteiger partial charge < -0.3 is 14.7 Å². The van der Waals surface area contributed by atoms with Crippen LogP contribution in [0.4, 0.5) is 0 Å². The summed E-state index contributed by atoms with van der Waals surface area (Å²) in [5, 5.41) is 0. The van der Waals surface area contributed by atoms with Gasteiger partial charge in [-0.05, 0) is 29.8 Å². The van der Waals surface area contributed by atoms with Gasteiger partial charge in [0.25, 0.3) is 0 Å². The first-order valence-corrected chi connectivity index (χ1v) is 4.67. The van der Waals surface area contributed by atoms with Gasteiger partial charge in [0.1, 0.15) is 5.75 Å². The van der Waals surface area contributed by atoms with Crippen molar-refractivity contribution < 1.29 is 4.74 Å². The average Bonchev–Trinajstić information content (AvgIpc) is 2.33. The minimum atomic E-state index is -0.659. The summed E-state index contributed by atoms with van der Waals surface area (Å²) in [4.78, 5) is 26.8. The predicted molar refractivity (Wildman–Crippen MR) is 59.7 cm³/mol. The molecular formula is C11H10N2O3. The van der Waals surface area contributed by atoms with E-state index >= 15 is 0 Å². The van der Waals surface area contributed by atoms with Crippen LogP contribution >= 0.6 is 0 Å². The number of methoxy groups -OCH3 is 1. The topological polar surface area (TPSA) is 75.0 Å². The Morgan fingerprint density at radius 1 is 1.06 bits per heavy atom. The Labute approximate surface area is 90.7 Å². The van der Waals surface area contributed by atoms with Crippen LogP contribution < -0.4 is 15.9 Å². The van der Waals surface area contributed by atoms with Crippen LogP contribution in [0, 0.1) is 0 Å². The largest absolute Gasteiger partial charge is 0.497 e. The van der Waals surface area contributed by atoms with Gasteiger partial charge in [-0.3, -0.25) is 9.59 Å². The molecule has 0 saturated carbocycles. The molecular weight excluding hydrogens is 208 g/mol. The smallest absolute Gasteiger partial charge is 0.314 e. The molecule has 2 aromatic rings. The number of rotatable bonds is 2. The van der Waals surface area contributed by atoms with Crippen LogP contribution in [-0.2, 0) is 0 Å². The number of nitrogens with one attached hydrogen (secondary N) is 2. The summed E-state index contributed by atoms with van der Waals surface area (Å²) in [6.07, 6.45) is 1.46. The summed E-state index contributed by atoms with van der Waals surface area (Å²) in [5.41, 5.74) is 0.0481. The molecule has 0 unspecified atom stereocenters. The molecule has 0 aliphatic heterocycles. The first-order valence-electron chi connectivity index (χ1n) is 4.67. The molecule has 1 aromatic heterocycles. The Morgan fingerprint density at radius 3 is 2.31 bits per heavy atom. The van der Waals surface area contributed by atoms with Crippen molar-refractivity contribution in [3.63, 3.8) is 0 Å². The van der Waals surface area contributed by atoms with Crippen LogP contribution in [0.3, 0.4) is 0 Å². The van der Waals surface area contributed by atoms with E-state index in [2.05, 4.69) is 9.97 Å². The van der Waals surface area contributed by atoms with E-state index in [-0.39, 0.29) is 0 Å². The molecule has 5 heteroatoms. The van der Waals surface area contributed by atoms with Crippen LogP contribution in [0.5, 0.6) is 5.75 Å². The minimum absolute atomic E-state index is 0.562. The second kappa shape index (κ2) is 4.06. The van der Waals surface area contributed by atoms with Gasteiger partial charge in [0, 0.05) is 6.20 Å². The van der Waals surface area contributed by atoms with E-state index in [0.717, 1.165) is 11.3 Å². The standard InChI is InChI=1S/C11H10N2O3/c1-16-8-4-2-7(3-5-8)9-6-12-10(14)11(15)13-9/h2-6H,1H3,(H,12,14)(H,13,15). The maximum absolute atomic E-state index is 11.1. The first kappa shape index (κ1) is 10.2. The zero-order valence-electron chi connectivity index (χ0n) is 8.61. The van der Waals surface area contributed by atoms with Crippen LogP contribution in [0.15, 0.2) is 40.1 Å². The van der Waals surface area contributed by atoms with E-state index in [9.17, 15) is 9.59 Å². The Kier molecular flexibility index (Phi) is 2.59. The van der Waals surface area contributed by atoms with Crippen molar-refractivity contribution >= 4 is 0 Å². The van der Waals surface area contributed by atoms with Gasteiger partial charge in [-0.15, -0.1) is 0 Å². The molecule has 0 aliphatic carbocycles. The highest BCUT2D eigenvalue weighted by Gasteiger charge is 2.00. The lowest BCUT2D eigenvalue weighted by atomic mass is 10.1. The zero-order valence-corrected chi connectivity index (χ0v) is 8.61. The molecule has 0 spiro atoms. The van der Waals surface area contributed by atoms with E-state index in [1.807, 2.05) is 0 Å². The van der Waals surface area contributed by atoms with E-state index in [1.165, 1.54) is 6.20 Å². The molecule has 0 amide bonds. The summed E-state index contributed by atoms with van der Waals surface area (Å²) in [5.74, 6) is 0.732. The molecule has 0 aliphatic rings. The first-order chi connectivity index (χ1) is 7.70. The monoisotopic (exact) mass is 218 g/mol. The molecule has 2 N–H and O–H groups in total. The fourth-order valence-corrected chi connectivity index (χ4v) is 1.34. The predicted octanol–water partition coefficient (Wildman–Crippen LogP) is 0.739. The van der Waals surface area contributed by atoms with Gasteiger partial charge in [-0.1, -0.05) is 0 Å². The second-order valence-electron chi connectivity index (χ2n) is 3.21. The molecule has 0 radical (unpaired) electrons. The highest BCUT2D eigenvalue weighted by Crippen LogP contribution is 2.18. The highest BCUT2D eigenvalue weighted by atomic mass is 16.5. The van der Waals surface area contributed by atoms with Crippen molar-refractivity contribution in [2.24, 2.45) is 0 Å². The maximum atomic E-state index is 11.1. The van der Waals surface area contributed by atoms with Crippen molar-refractivity contribution in [1.82, 2.24) is 9.97 Å².